The van der Waals surface area contributed by atoms with Crippen molar-refractivity contribution in [1.82, 2.24) is 0 Å². The van der Waals surface area contributed by atoms with Crippen molar-refractivity contribution in [1.29, 1.82) is 0 Å². The Hall–Kier alpha value is -2.56. The van der Waals surface area contributed by atoms with E-state index in [-0.39, 0.29) is 5.97 Å². The Morgan fingerprint density at radius 2 is 2.05 bits per heavy atom. The van der Waals surface area contributed by atoms with Crippen LogP contribution in [0.5, 0.6) is 0 Å². The highest BCUT2D eigenvalue weighted by Gasteiger charge is 2.08. The number of ether oxygens (including phenoxy) is 1. The van der Waals surface area contributed by atoms with Gasteiger partial charge in [0.25, 0.3) is 0 Å². The maximum Gasteiger partial charge on any atom is 0.338 e. The smallest absolute Gasteiger partial charge is 0.338 e. The molecule has 1 heterocycles. The number of benzene rings is 1. The van der Waals surface area contributed by atoms with E-state index in [0.29, 0.717) is 23.7 Å². The van der Waals surface area contributed by atoms with Gasteiger partial charge in [0.05, 0.1) is 18.4 Å². The Morgan fingerprint density at radius 1 is 1.32 bits per heavy atom. The molecular weight excluding hydrogens is 244 g/mol. The zero-order valence-corrected chi connectivity index (χ0v) is 10.5. The van der Waals surface area contributed by atoms with E-state index in [0.717, 1.165) is 5.56 Å². The van der Waals surface area contributed by atoms with E-state index in [2.05, 4.69) is 5.10 Å². The predicted octanol–water partition coefficient (Wildman–Crippen LogP) is 2.42. The van der Waals surface area contributed by atoms with Crippen molar-refractivity contribution in [2.75, 3.05) is 6.61 Å². The molecule has 0 aliphatic carbocycles. The first-order chi connectivity index (χ1) is 9.24. The fraction of sp³-hybridized carbons (Fsp3) is 0.143. The predicted molar refractivity (Wildman–Crippen MR) is 71.9 cm³/mol. The summed E-state index contributed by atoms with van der Waals surface area (Å²) >= 11 is 0. The minimum absolute atomic E-state index is 0.329. The van der Waals surface area contributed by atoms with Crippen molar-refractivity contribution in [3.05, 3.63) is 47.7 Å². The average Bonchev–Trinajstić information content (AvgIpc) is 2.88. The molecule has 1 aromatic carbocycles. The van der Waals surface area contributed by atoms with Crippen LogP contribution < -0.4 is 5.84 Å². The van der Waals surface area contributed by atoms with Gasteiger partial charge in [-0.05, 0) is 31.2 Å². The molecule has 0 bridgehead atoms. The molecule has 98 valence electrons. The number of carbonyl (C=O) groups is 1. The largest absolute Gasteiger partial charge is 0.462 e. The summed E-state index contributed by atoms with van der Waals surface area (Å²) in [5.41, 5.74) is 1.38. The van der Waals surface area contributed by atoms with Crippen LogP contribution in [0.2, 0.25) is 0 Å². The standard InChI is InChI=1S/C14H14N2O3/c1-2-18-14(17)11-5-3-10(4-6-11)13-8-7-12(19-13)9-16-15/h3-9H,2,15H2,1H3/b16-9-. The quantitative estimate of drug-likeness (QED) is 0.395. The summed E-state index contributed by atoms with van der Waals surface area (Å²) in [5, 5.41) is 3.39. The van der Waals surface area contributed by atoms with Crippen LogP contribution in [-0.4, -0.2) is 18.8 Å². The van der Waals surface area contributed by atoms with E-state index in [9.17, 15) is 4.79 Å². The van der Waals surface area contributed by atoms with E-state index in [1.807, 2.05) is 6.07 Å². The Bertz CT molecular complexity index is 585. The second-order valence-electron chi connectivity index (χ2n) is 3.78. The molecule has 2 aromatic rings. The Morgan fingerprint density at radius 3 is 2.68 bits per heavy atom. The molecule has 0 fully saturated rings. The van der Waals surface area contributed by atoms with Gasteiger partial charge in [-0.15, -0.1) is 0 Å². The third kappa shape index (κ3) is 3.01. The molecule has 0 unspecified atom stereocenters. The van der Waals surface area contributed by atoms with Crippen molar-refractivity contribution < 1.29 is 13.9 Å². The molecule has 0 saturated heterocycles. The van der Waals surface area contributed by atoms with Crippen LogP contribution >= 0.6 is 0 Å². The molecular formula is C14H14N2O3. The van der Waals surface area contributed by atoms with Gasteiger partial charge in [0.2, 0.25) is 0 Å². The summed E-state index contributed by atoms with van der Waals surface area (Å²) in [7, 11) is 0. The van der Waals surface area contributed by atoms with Crippen LogP contribution in [0.25, 0.3) is 11.3 Å². The van der Waals surface area contributed by atoms with Gasteiger partial charge in [-0.3, -0.25) is 0 Å². The number of hydrogen-bond acceptors (Lipinski definition) is 5. The molecule has 0 aliphatic heterocycles. The molecule has 2 rings (SSSR count). The Kier molecular flexibility index (Phi) is 3.97. The second-order valence-corrected chi connectivity index (χ2v) is 3.78. The molecule has 5 nitrogen and oxygen atoms in total. The van der Waals surface area contributed by atoms with Crippen LogP contribution in [0.4, 0.5) is 0 Å². The minimum atomic E-state index is -0.329. The maximum absolute atomic E-state index is 11.5. The van der Waals surface area contributed by atoms with Crippen LogP contribution in [0.3, 0.4) is 0 Å². The normalized spacial score (nSPS) is 10.8. The molecule has 5 heteroatoms. The number of nitrogens with zero attached hydrogens (tertiary/aromatic N) is 1. The number of hydrazone groups is 1. The van der Waals surface area contributed by atoms with Gasteiger partial charge in [0, 0.05) is 5.56 Å². The lowest BCUT2D eigenvalue weighted by atomic mass is 10.1. The van der Waals surface area contributed by atoms with Gasteiger partial charge in [0.15, 0.2) is 0 Å². The Balaban J connectivity index is 2.19. The zero-order valence-electron chi connectivity index (χ0n) is 10.5. The monoisotopic (exact) mass is 258 g/mol. The highest BCUT2D eigenvalue weighted by molar-refractivity contribution is 5.90. The molecule has 0 spiro atoms. The number of esters is 1. The summed E-state index contributed by atoms with van der Waals surface area (Å²) in [6.07, 6.45) is 1.43. The van der Waals surface area contributed by atoms with E-state index < -0.39 is 0 Å². The lowest BCUT2D eigenvalue weighted by Crippen LogP contribution is -2.03. The summed E-state index contributed by atoms with van der Waals surface area (Å²) in [5.74, 6) is 5.98. The number of hydrogen-bond donors (Lipinski definition) is 1. The van der Waals surface area contributed by atoms with E-state index in [1.54, 1.807) is 37.3 Å². The van der Waals surface area contributed by atoms with E-state index in [1.165, 1.54) is 6.21 Å². The molecule has 19 heavy (non-hydrogen) atoms. The lowest BCUT2D eigenvalue weighted by Gasteiger charge is -2.02. The first kappa shape index (κ1) is 12.9. The molecule has 0 aliphatic rings. The third-order valence-electron chi connectivity index (χ3n) is 2.51. The van der Waals surface area contributed by atoms with Crippen molar-refractivity contribution in [2.45, 2.75) is 6.92 Å². The van der Waals surface area contributed by atoms with E-state index in [4.69, 9.17) is 15.0 Å². The van der Waals surface area contributed by atoms with Crippen LogP contribution in [0, 0.1) is 0 Å². The van der Waals surface area contributed by atoms with Gasteiger partial charge >= 0.3 is 5.97 Å². The van der Waals surface area contributed by atoms with Crippen molar-refractivity contribution in [2.24, 2.45) is 10.9 Å². The van der Waals surface area contributed by atoms with Gasteiger partial charge in [0.1, 0.15) is 11.5 Å². The third-order valence-corrected chi connectivity index (χ3v) is 2.51. The summed E-state index contributed by atoms with van der Waals surface area (Å²) in [6, 6.07) is 10.6. The highest BCUT2D eigenvalue weighted by Crippen LogP contribution is 2.22. The summed E-state index contributed by atoms with van der Waals surface area (Å²) in [4.78, 5) is 11.5. The zero-order chi connectivity index (χ0) is 13.7. The maximum atomic E-state index is 11.5. The Labute approximate surface area is 110 Å². The van der Waals surface area contributed by atoms with Gasteiger partial charge in [-0.25, -0.2) is 4.79 Å². The lowest BCUT2D eigenvalue weighted by molar-refractivity contribution is 0.0526. The summed E-state index contributed by atoms with van der Waals surface area (Å²) < 4.78 is 10.4. The fourth-order valence-corrected chi connectivity index (χ4v) is 1.64. The van der Waals surface area contributed by atoms with Crippen LogP contribution in [-0.2, 0) is 4.74 Å². The van der Waals surface area contributed by atoms with Gasteiger partial charge in [-0.1, -0.05) is 12.1 Å². The fourth-order valence-electron chi connectivity index (χ4n) is 1.64. The SMILES string of the molecule is CCOC(=O)c1ccc(-c2ccc(/C=N\N)o2)cc1. The van der Waals surface area contributed by atoms with E-state index >= 15 is 0 Å². The molecule has 0 amide bonds. The minimum Gasteiger partial charge on any atom is -0.462 e. The summed E-state index contributed by atoms with van der Waals surface area (Å²) in [6.45, 7) is 2.14. The highest BCUT2D eigenvalue weighted by atomic mass is 16.5. The molecule has 0 radical (unpaired) electrons. The van der Waals surface area contributed by atoms with Crippen LogP contribution in [0.15, 0.2) is 45.9 Å². The first-order valence-electron chi connectivity index (χ1n) is 5.85. The molecule has 2 N–H and O–H groups in total. The first-order valence-corrected chi connectivity index (χ1v) is 5.85. The van der Waals surface area contributed by atoms with Crippen molar-refractivity contribution in [3.8, 4) is 11.3 Å². The molecule has 0 saturated carbocycles. The number of nitrogens with two attached hydrogens (primary N) is 1. The number of carbonyl (C=O) groups excluding carboxylic acids is 1. The van der Waals surface area contributed by atoms with Crippen LogP contribution in [0.1, 0.15) is 23.0 Å². The number of furan rings is 1. The van der Waals surface area contributed by atoms with Crippen molar-refractivity contribution >= 4 is 12.2 Å². The van der Waals surface area contributed by atoms with Gasteiger partial charge < -0.3 is 15.0 Å². The van der Waals surface area contributed by atoms with Crippen molar-refractivity contribution in [3.63, 3.8) is 0 Å². The topological polar surface area (TPSA) is 77.8 Å². The molecule has 0 atom stereocenters. The number of rotatable bonds is 4. The molecule has 1 aromatic heterocycles. The second kappa shape index (κ2) is 5.86. The van der Waals surface area contributed by atoms with Gasteiger partial charge in [-0.2, -0.15) is 5.10 Å². The average molecular weight is 258 g/mol.